The lowest BCUT2D eigenvalue weighted by molar-refractivity contribution is -0.134. The molecule has 4 atom stereocenters. The molecule has 0 unspecified atom stereocenters. The Morgan fingerprint density at radius 2 is 1.33 bits per heavy atom. The van der Waals surface area contributed by atoms with Gasteiger partial charge in [0.1, 0.15) is 18.8 Å². The van der Waals surface area contributed by atoms with Gasteiger partial charge in [-0.05, 0) is 42.5 Å². The van der Waals surface area contributed by atoms with Crippen LogP contribution in [0.25, 0.3) is 0 Å². The molecule has 0 saturated carbocycles. The number of carbonyl (C=O) groups excluding carboxylic acids is 4. The van der Waals surface area contributed by atoms with Crippen LogP contribution in [0.1, 0.15) is 31.1 Å². The number of hydrogen-bond acceptors (Lipinski definition) is 8. The maximum atomic E-state index is 13.1. The van der Waals surface area contributed by atoms with E-state index in [-0.39, 0.29) is 6.61 Å². The zero-order valence-corrected chi connectivity index (χ0v) is 21.1. The summed E-state index contributed by atoms with van der Waals surface area (Å²) in [7, 11) is 1.23. The molecule has 9 nitrogen and oxygen atoms in total. The Balaban J connectivity index is 1.62. The van der Waals surface area contributed by atoms with E-state index in [9.17, 15) is 19.2 Å². The molecule has 1 N–H and O–H groups in total. The predicted molar refractivity (Wildman–Crippen MR) is 140 cm³/mol. The van der Waals surface area contributed by atoms with Gasteiger partial charge in [-0.1, -0.05) is 54.6 Å². The topological polar surface area (TPSA) is 117 Å². The lowest BCUT2D eigenvalue weighted by atomic mass is 10.0. The van der Waals surface area contributed by atoms with Crippen molar-refractivity contribution < 1.29 is 38.1 Å². The molecule has 0 radical (unpaired) electrons. The second-order valence-electron chi connectivity index (χ2n) is 8.59. The van der Waals surface area contributed by atoms with Crippen LogP contribution in [0.2, 0.25) is 0 Å². The van der Waals surface area contributed by atoms with Gasteiger partial charge < -0.3 is 24.3 Å². The molecule has 3 aromatic carbocycles. The molecule has 3 aromatic rings. The molecule has 1 aliphatic rings. The summed E-state index contributed by atoms with van der Waals surface area (Å²) in [6, 6.07) is 24.3. The van der Waals surface area contributed by atoms with Gasteiger partial charge in [0.2, 0.25) is 0 Å². The van der Waals surface area contributed by atoms with Crippen LogP contribution < -0.4 is 5.32 Å². The van der Waals surface area contributed by atoms with Gasteiger partial charge in [0, 0.05) is 11.6 Å². The fourth-order valence-electron chi connectivity index (χ4n) is 4.04. The van der Waals surface area contributed by atoms with E-state index in [2.05, 4.69) is 10.1 Å². The SMILES string of the molecule is COC(=O)/C=C/[C@@H]1O[C@H](COC(=O)c2ccccc2)[C@@H](OC(=O)c2ccccc2)[C@H]1NC(=O)c1ccccc1. The van der Waals surface area contributed by atoms with E-state index in [1.54, 1.807) is 91.0 Å². The second kappa shape index (κ2) is 13.2. The fourth-order valence-corrected chi connectivity index (χ4v) is 4.04. The number of esters is 3. The molecule has 0 aromatic heterocycles. The van der Waals surface area contributed by atoms with E-state index < -0.39 is 48.2 Å². The van der Waals surface area contributed by atoms with Crippen LogP contribution in [0.3, 0.4) is 0 Å². The highest BCUT2D eigenvalue weighted by molar-refractivity contribution is 5.94. The zero-order chi connectivity index (χ0) is 27.6. The molecule has 0 bridgehead atoms. The zero-order valence-electron chi connectivity index (χ0n) is 21.1. The highest BCUT2D eigenvalue weighted by Crippen LogP contribution is 2.27. The van der Waals surface area contributed by atoms with E-state index in [1.807, 2.05) is 0 Å². The summed E-state index contributed by atoms with van der Waals surface area (Å²) in [4.78, 5) is 50.5. The standard InChI is InChI=1S/C30H27NO8/c1-36-25(32)18-17-23-26(31-28(33)20-11-5-2-6-12-20)27(39-30(35)22-15-9-4-10-16-22)24(38-23)19-37-29(34)21-13-7-3-8-14-21/h2-18,23-24,26-27H,19H2,1H3,(H,31,33)/b18-17+/t23-,24+,26-,27+/m0/s1. The van der Waals surface area contributed by atoms with Crippen molar-refractivity contribution in [3.63, 3.8) is 0 Å². The smallest absolute Gasteiger partial charge is 0.338 e. The summed E-state index contributed by atoms with van der Waals surface area (Å²) in [6.07, 6.45) is -0.379. The molecule has 9 heteroatoms. The molecule has 1 amide bonds. The molecule has 1 aliphatic heterocycles. The predicted octanol–water partition coefficient (Wildman–Crippen LogP) is 3.36. The third-order valence-corrected chi connectivity index (χ3v) is 6.00. The van der Waals surface area contributed by atoms with Gasteiger partial charge in [0.15, 0.2) is 6.10 Å². The van der Waals surface area contributed by atoms with Gasteiger partial charge in [-0.2, -0.15) is 0 Å². The maximum Gasteiger partial charge on any atom is 0.338 e. The number of methoxy groups -OCH3 is 1. The van der Waals surface area contributed by atoms with Gasteiger partial charge in [-0.3, -0.25) is 4.79 Å². The van der Waals surface area contributed by atoms with Crippen LogP contribution in [-0.2, 0) is 23.7 Å². The first-order valence-electron chi connectivity index (χ1n) is 12.2. The monoisotopic (exact) mass is 529 g/mol. The molecular weight excluding hydrogens is 502 g/mol. The first kappa shape index (κ1) is 27.3. The van der Waals surface area contributed by atoms with Gasteiger partial charge in [-0.25, -0.2) is 14.4 Å². The van der Waals surface area contributed by atoms with Crippen LogP contribution in [0.4, 0.5) is 0 Å². The van der Waals surface area contributed by atoms with Gasteiger partial charge in [-0.15, -0.1) is 0 Å². The molecule has 4 rings (SSSR count). The van der Waals surface area contributed by atoms with Crippen LogP contribution >= 0.6 is 0 Å². The molecule has 1 fully saturated rings. The molecule has 0 aliphatic carbocycles. The Bertz CT molecular complexity index is 1310. The van der Waals surface area contributed by atoms with Crippen molar-refractivity contribution in [1.82, 2.24) is 5.32 Å². The molecule has 1 saturated heterocycles. The number of benzene rings is 3. The van der Waals surface area contributed by atoms with E-state index in [4.69, 9.17) is 14.2 Å². The number of rotatable bonds is 9. The largest absolute Gasteiger partial charge is 0.466 e. The van der Waals surface area contributed by atoms with Crippen molar-refractivity contribution in [2.24, 2.45) is 0 Å². The van der Waals surface area contributed by atoms with E-state index in [1.165, 1.54) is 13.2 Å². The highest BCUT2D eigenvalue weighted by Gasteiger charge is 2.47. The van der Waals surface area contributed by atoms with Crippen molar-refractivity contribution in [3.8, 4) is 0 Å². The number of ether oxygens (including phenoxy) is 4. The summed E-state index contributed by atoms with van der Waals surface area (Å²) >= 11 is 0. The first-order valence-corrected chi connectivity index (χ1v) is 12.2. The van der Waals surface area contributed by atoms with Crippen LogP contribution in [0.15, 0.2) is 103 Å². The minimum absolute atomic E-state index is 0.277. The van der Waals surface area contributed by atoms with Gasteiger partial charge in [0.25, 0.3) is 5.91 Å². The van der Waals surface area contributed by atoms with Crippen molar-refractivity contribution in [3.05, 3.63) is 120 Å². The average molecular weight is 530 g/mol. The Hall–Kier alpha value is -4.76. The maximum absolute atomic E-state index is 13.1. The highest BCUT2D eigenvalue weighted by atomic mass is 16.6. The number of amides is 1. The summed E-state index contributed by atoms with van der Waals surface area (Å²) in [5, 5.41) is 2.86. The van der Waals surface area contributed by atoms with Crippen molar-refractivity contribution in [2.75, 3.05) is 13.7 Å². The Morgan fingerprint density at radius 3 is 1.90 bits per heavy atom. The fraction of sp³-hybridized carbons (Fsp3) is 0.200. The molecular formula is C30H27NO8. The van der Waals surface area contributed by atoms with Gasteiger partial charge >= 0.3 is 17.9 Å². The number of nitrogens with one attached hydrogen (secondary N) is 1. The Labute approximate surface area is 225 Å². The number of hydrogen-bond donors (Lipinski definition) is 1. The molecule has 200 valence electrons. The van der Waals surface area contributed by atoms with Crippen LogP contribution in [0, 0.1) is 0 Å². The third-order valence-electron chi connectivity index (χ3n) is 6.00. The Morgan fingerprint density at radius 1 is 0.795 bits per heavy atom. The summed E-state index contributed by atoms with van der Waals surface area (Å²) in [6.45, 7) is -0.277. The van der Waals surface area contributed by atoms with E-state index in [0.717, 1.165) is 6.08 Å². The van der Waals surface area contributed by atoms with Crippen LogP contribution in [-0.4, -0.2) is 61.9 Å². The summed E-state index contributed by atoms with van der Waals surface area (Å²) < 4.78 is 22.1. The van der Waals surface area contributed by atoms with Gasteiger partial charge in [0.05, 0.1) is 24.3 Å². The van der Waals surface area contributed by atoms with Crippen molar-refractivity contribution in [1.29, 1.82) is 0 Å². The minimum atomic E-state index is -1.07. The molecule has 1 heterocycles. The first-order chi connectivity index (χ1) is 19.0. The van der Waals surface area contributed by atoms with Crippen molar-refractivity contribution >= 4 is 23.8 Å². The quantitative estimate of drug-likeness (QED) is 0.255. The van der Waals surface area contributed by atoms with Crippen molar-refractivity contribution in [2.45, 2.75) is 24.4 Å². The summed E-state index contributed by atoms with van der Waals surface area (Å²) in [5.41, 5.74) is 1.00. The second-order valence-corrected chi connectivity index (χ2v) is 8.59. The van der Waals surface area contributed by atoms with E-state index >= 15 is 0 Å². The van der Waals surface area contributed by atoms with E-state index in [0.29, 0.717) is 16.7 Å². The lowest BCUT2D eigenvalue weighted by Crippen LogP contribution is -2.49. The third kappa shape index (κ3) is 7.18. The summed E-state index contributed by atoms with van der Waals surface area (Å²) in [5.74, 6) is -2.32. The lowest BCUT2D eigenvalue weighted by Gasteiger charge is -2.25. The molecule has 39 heavy (non-hydrogen) atoms. The minimum Gasteiger partial charge on any atom is -0.466 e. The Kier molecular flexibility index (Phi) is 9.20. The normalized spacial score (nSPS) is 20.2. The van der Waals surface area contributed by atoms with Crippen LogP contribution in [0.5, 0.6) is 0 Å². The number of carbonyl (C=O) groups is 4. The molecule has 0 spiro atoms. The average Bonchev–Trinajstić information content (AvgIpc) is 3.30.